The van der Waals surface area contributed by atoms with E-state index in [0.29, 0.717) is 0 Å². The van der Waals surface area contributed by atoms with Gasteiger partial charge in [0.15, 0.2) is 0 Å². The number of nitrogens with one attached hydrogen (secondary N) is 2. The molecule has 2 rings (SSSR count). The molecule has 3 unspecified atom stereocenters. The number of piperidine rings is 1. The Morgan fingerprint density at radius 3 is 3.20 bits per heavy atom. The van der Waals surface area contributed by atoms with Crippen molar-refractivity contribution in [1.29, 1.82) is 0 Å². The normalized spacial score (nSPS) is 47.1. The molecule has 2 saturated heterocycles. The highest BCUT2D eigenvalue weighted by Gasteiger charge is 2.31. The van der Waals surface area contributed by atoms with Crippen LogP contribution >= 0.6 is 0 Å². The van der Waals surface area contributed by atoms with Crippen LogP contribution in [-0.4, -0.2) is 25.7 Å². The summed E-state index contributed by atoms with van der Waals surface area (Å²) in [5, 5.41) is 3.54. The van der Waals surface area contributed by atoms with E-state index in [4.69, 9.17) is 0 Å². The summed E-state index contributed by atoms with van der Waals surface area (Å²) in [7, 11) is 4.05. The van der Waals surface area contributed by atoms with Crippen LogP contribution in [0.1, 0.15) is 12.8 Å². The number of quaternary nitrogens is 1. The van der Waals surface area contributed by atoms with Crippen LogP contribution in [0, 0.1) is 13.0 Å². The SMILES string of the molecule is [CH2-][NH+]1CCC2NCCC2C1. The third-order valence-corrected chi connectivity index (χ3v) is 2.85. The zero-order chi connectivity index (χ0) is 6.97. The Morgan fingerprint density at radius 1 is 1.40 bits per heavy atom. The maximum Gasteiger partial charge on any atom is 0.0574 e. The average Bonchev–Trinajstić information content (AvgIpc) is 2.33. The maximum atomic E-state index is 4.05. The number of rotatable bonds is 0. The lowest BCUT2D eigenvalue weighted by Gasteiger charge is -2.33. The van der Waals surface area contributed by atoms with Gasteiger partial charge in [-0.25, -0.2) is 0 Å². The number of hydrogen-bond acceptors (Lipinski definition) is 1. The van der Waals surface area contributed by atoms with Crippen LogP contribution in [0.15, 0.2) is 0 Å². The van der Waals surface area contributed by atoms with E-state index in [1.807, 2.05) is 0 Å². The fourth-order valence-electron chi connectivity index (χ4n) is 2.24. The van der Waals surface area contributed by atoms with Crippen LogP contribution in [0.5, 0.6) is 0 Å². The molecule has 3 atom stereocenters. The standard InChI is InChI=1S/C8H16N2/c1-10-5-3-8-7(6-10)2-4-9-8/h7-10H,1-6H2. The summed E-state index contributed by atoms with van der Waals surface area (Å²) < 4.78 is 0. The van der Waals surface area contributed by atoms with E-state index in [2.05, 4.69) is 12.4 Å². The first-order chi connectivity index (χ1) is 4.86. The van der Waals surface area contributed by atoms with Gasteiger partial charge in [-0.2, -0.15) is 7.05 Å². The Morgan fingerprint density at radius 2 is 2.30 bits per heavy atom. The second-order valence-electron chi connectivity index (χ2n) is 3.60. The van der Waals surface area contributed by atoms with Crippen molar-refractivity contribution in [3.05, 3.63) is 7.05 Å². The van der Waals surface area contributed by atoms with E-state index in [1.54, 1.807) is 0 Å². The second kappa shape index (κ2) is 2.51. The first-order valence-corrected chi connectivity index (χ1v) is 4.26. The first-order valence-electron chi connectivity index (χ1n) is 4.26. The van der Waals surface area contributed by atoms with Gasteiger partial charge in [0.05, 0.1) is 13.1 Å². The van der Waals surface area contributed by atoms with Crippen LogP contribution in [-0.2, 0) is 0 Å². The highest BCUT2D eigenvalue weighted by Crippen LogP contribution is 2.17. The zero-order valence-corrected chi connectivity index (χ0v) is 6.40. The summed E-state index contributed by atoms with van der Waals surface area (Å²) in [5.74, 6) is 0.932. The van der Waals surface area contributed by atoms with Gasteiger partial charge in [-0.1, -0.05) is 0 Å². The summed E-state index contributed by atoms with van der Waals surface area (Å²) in [4.78, 5) is 1.48. The molecule has 0 saturated carbocycles. The van der Waals surface area contributed by atoms with Crippen molar-refractivity contribution in [3.63, 3.8) is 0 Å². The fourth-order valence-corrected chi connectivity index (χ4v) is 2.24. The molecule has 0 aromatic carbocycles. The van der Waals surface area contributed by atoms with Crippen molar-refractivity contribution in [3.8, 4) is 0 Å². The third kappa shape index (κ3) is 1.06. The van der Waals surface area contributed by atoms with Crippen LogP contribution in [0.4, 0.5) is 0 Å². The Bertz CT molecular complexity index is 124. The molecule has 0 aliphatic carbocycles. The number of hydrogen-bond donors (Lipinski definition) is 2. The molecule has 2 heterocycles. The van der Waals surface area contributed by atoms with Gasteiger partial charge in [0.2, 0.25) is 0 Å². The fraction of sp³-hybridized carbons (Fsp3) is 0.875. The summed E-state index contributed by atoms with van der Waals surface area (Å²) >= 11 is 0. The smallest absolute Gasteiger partial charge is 0.0574 e. The topological polar surface area (TPSA) is 16.5 Å². The summed E-state index contributed by atoms with van der Waals surface area (Å²) in [6, 6.07) is 0.838. The summed E-state index contributed by atoms with van der Waals surface area (Å²) in [6.07, 6.45) is 2.72. The predicted octanol–water partition coefficient (Wildman–Crippen LogP) is -0.955. The molecule has 2 aliphatic heterocycles. The van der Waals surface area contributed by atoms with Gasteiger partial charge in [0.25, 0.3) is 0 Å². The molecule has 2 aliphatic rings. The summed E-state index contributed by atoms with van der Waals surface area (Å²) in [6.45, 7) is 3.79. The Kier molecular flexibility index (Phi) is 1.66. The molecular formula is C8H16N2. The third-order valence-electron chi connectivity index (χ3n) is 2.85. The largest absolute Gasteiger partial charge is 0.468 e. The van der Waals surface area contributed by atoms with Crippen molar-refractivity contribution in [1.82, 2.24) is 5.32 Å². The van der Waals surface area contributed by atoms with E-state index in [-0.39, 0.29) is 0 Å². The molecule has 0 bridgehead atoms. The molecular weight excluding hydrogens is 124 g/mol. The van der Waals surface area contributed by atoms with Crippen molar-refractivity contribution >= 4 is 0 Å². The molecule has 0 aromatic rings. The number of fused-ring (bicyclic) bond motifs is 1. The van der Waals surface area contributed by atoms with Crippen molar-refractivity contribution < 1.29 is 4.90 Å². The van der Waals surface area contributed by atoms with E-state index in [1.165, 1.54) is 37.4 Å². The lowest BCUT2D eigenvalue weighted by molar-refractivity contribution is -0.863. The summed E-state index contributed by atoms with van der Waals surface area (Å²) in [5.41, 5.74) is 0. The van der Waals surface area contributed by atoms with Gasteiger partial charge in [0, 0.05) is 18.4 Å². The Balaban J connectivity index is 1.96. The molecule has 0 spiro atoms. The van der Waals surface area contributed by atoms with Crippen molar-refractivity contribution in [2.24, 2.45) is 5.92 Å². The monoisotopic (exact) mass is 140 g/mol. The van der Waals surface area contributed by atoms with Crippen molar-refractivity contribution in [2.75, 3.05) is 19.6 Å². The first kappa shape index (κ1) is 6.62. The van der Waals surface area contributed by atoms with Crippen molar-refractivity contribution in [2.45, 2.75) is 18.9 Å². The molecule has 2 N–H and O–H groups in total. The van der Waals surface area contributed by atoms with Crippen LogP contribution in [0.2, 0.25) is 0 Å². The minimum atomic E-state index is 0.838. The molecule has 0 aromatic heterocycles. The van der Waals surface area contributed by atoms with Crippen LogP contribution in [0.25, 0.3) is 0 Å². The molecule has 0 radical (unpaired) electrons. The highest BCUT2D eigenvalue weighted by atomic mass is 15.1. The van der Waals surface area contributed by atoms with Crippen LogP contribution < -0.4 is 10.2 Å². The van der Waals surface area contributed by atoms with Gasteiger partial charge in [-0.05, 0) is 13.0 Å². The highest BCUT2D eigenvalue weighted by molar-refractivity contribution is 4.84. The molecule has 0 amide bonds. The lowest BCUT2D eigenvalue weighted by atomic mass is 9.94. The molecule has 2 heteroatoms. The van der Waals surface area contributed by atoms with Gasteiger partial charge >= 0.3 is 0 Å². The predicted molar refractivity (Wildman–Crippen MR) is 40.6 cm³/mol. The Hall–Kier alpha value is -0.0800. The Labute approximate surface area is 62.6 Å². The van der Waals surface area contributed by atoms with E-state index in [9.17, 15) is 0 Å². The van der Waals surface area contributed by atoms with Gasteiger partial charge < -0.3 is 10.2 Å². The zero-order valence-electron chi connectivity index (χ0n) is 6.40. The molecule has 2 fully saturated rings. The van der Waals surface area contributed by atoms with Gasteiger partial charge in [-0.15, -0.1) is 0 Å². The minimum Gasteiger partial charge on any atom is -0.468 e. The van der Waals surface area contributed by atoms with E-state index in [0.717, 1.165) is 12.0 Å². The van der Waals surface area contributed by atoms with E-state index < -0.39 is 0 Å². The molecule has 10 heavy (non-hydrogen) atoms. The quantitative estimate of drug-likeness (QED) is 0.415. The number of likely N-dealkylation sites (tertiary alicyclic amines) is 1. The van der Waals surface area contributed by atoms with E-state index >= 15 is 0 Å². The van der Waals surface area contributed by atoms with Gasteiger partial charge in [-0.3, -0.25) is 0 Å². The van der Waals surface area contributed by atoms with Crippen LogP contribution in [0.3, 0.4) is 0 Å². The average molecular weight is 140 g/mol. The maximum absolute atomic E-state index is 4.05. The molecule has 58 valence electrons. The molecule has 2 nitrogen and oxygen atoms in total. The lowest BCUT2D eigenvalue weighted by Crippen LogP contribution is -3.09. The second-order valence-corrected chi connectivity index (χ2v) is 3.60. The minimum absolute atomic E-state index is 0.838. The van der Waals surface area contributed by atoms with Gasteiger partial charge in [0.1, 0.15) is 0 Å².